The minimum atomic E-state index is -0.771. The number of benzene rings is 1. The Morgan fingerprint density at radius 3 is 2.52 bits per heavy atom. The zero-order chi connectivity index (χ0) is 15.2. The molecule has 0 aromatic heterocycles. The predicted molar refractivity (Wildman–Crippen MR) is 76.2 cm³/mol. The van der Waals surface area contributed by atoms with E-state index in [-0.39, 0.29) is 30.0 Å². The van der Waals surface area contributed by atoms with Crippen LogP contribution in [0.15, 0.2) is 24.3 Å². The lowest BCUT2D eigenvalue weighted by molar-refractivity contribution is -0.145. The smallest absolute Gasteiger partial charge is 0.306 e. The maximum Gasteiger partial charge on any atom is 0.306 e. The van der Waals surface area contributed by atoms with Crippen LogP contribution < -0.4 is 5.32 Å². The Hall–Kier alpha value is -1.91. The number of nitrogens with one attached hydrogen (secondary N) is 1. The molecule has 2 rings (SSSR count). The zero-order valence-corrected chi connectivity index (χ0v) is 11.8. The van der Waals surface area contributed by atoms with Gasteiger partial charge in [0.25, 0.3) is 0 Å². The molecule has 114 valence electrons. The molecule has 0 unspecified atom stereocenters. The number of aliphatic carboxylic acids is 1. The summed E-state index contributed by atoms with van der Waals surface area (Å²) >= 11 is 0. The van der Waals surface area contributed by atoms with Crippen LogP contribution in [0, 0.1) is 17.7 Å². The van der Waals surface area contributed by atoms with Crippen molar-refractivity contribution in [2.45, 2.75) is 32.1 Å². The van der Waals surface area contributed by atoms with Crippen molar-refractivity contribution in [1.29, 1.82) is 0 Å². The van der Waals surface area contributed by atoms with Crippen LogP contribution in [-0.2, 0) is 16.0 Å². The molecule has 2 N–H and O–H groups in total. The van der Waals surface area contributed by atoms with Gasteiger partial charge in [0.1, 0.15) is 5.82 Å². The summed E-state index contributed by atoms with van der Waals surface area (Å²) in [6.45, 7) is 0.400. The highest BCUT2D eigenvalue weighted by atomic mass is 19.1. The fourth-order valence-electron chi connectivity index (χ4n) is 2.87. The third-order valence-electron chi connectivity index (χ3n) is 4.07. The summed E-state index contributed by atoms with van der Waals surface area (Å²) in [6.07, 6.45) is 3.67. The Morgan fingerprint density at radius 2 is 1.86 bits per heavy atom. The topological polar surface area (TPSA) is 66.4 Å². The fraction of sp³-hybridized carbons (Fsp3) is 0.500. The van der Waals surface area contributed by atoms with Crippen LogP contribution in [0.25, 0.3) is 0 Å². The van der Waals surface area contributed by atoms with Gasteiger partial charge in [-0.05, 0) is 36.5 Å². The highest BCUT2D eigenvalue weighted by Gasteiger charge is 2.30. The second-order valence-electron chi connectivity index (χ2n) is 5.60. The monoisotopic (exact) mass is 293 g/mol. The molecule has 21 heavy (non-hydrogen) atoms. The van der Waals surface area contributed by atoms with Gasteiger partial charge >= 0.3 is 5.97 Å². The molecule has 2 atom stereocenters. The van der Waals surface area contributed by atoms with Crippen LogP contribution in [0.3, 0.4) is 0 Å². The summed E-state index contributed by atoms with van der Waals surface area (Å²) in [7, 11) is 0. The van der Waals surface area contributed by atoms with Crippen LogP contribution in [-0.4, -0.2) is 23.5 Å². The van der Waals surface area contributed by atoms with Gasteiger partial charge in [0.05, 0.1) is 12.3 Å². The third-order valence-corrected chi connectivity index (χ3v) is 4.07. The van der Waals surface area contributed by atoms with Gasteiger partial charge in [0.15, 0.2) is 0 Å². The second-order valence-corrected chi connectivity index (χ2v) is 5.60. The summed E-state index contributed by atoms with van der Waals surface area (Å²) in [5, 5.41) is 12.0. The molecule has 0 heterocycles. The lowest BCUT2D eigenvalue weighted by Gasteiger charge is -2.28. The summed E-state index contributed by atoms with van der Waals surface area (Å²) in [5.74, 6) is -1.60. The highest BCUT2D eigenvalue weighted by molar-refractivity contribution is 5.78. The first-order valence-corrected chi connectivity index (χ1v) is 7.30. The summed E-state index contributed by atoms with van der Waals surface area (Å²) < 4.78 is 12.8. The van der Waals surface area contributed by atoms with Crippen molar-refractivity contribution >= 4 is 11.9 Å². The van der Waals surface area contributed by atoms with Gasteiger partial charge in [-0.15, -0.1) is 0 Å². The third kappa shape index (κ3) is 4.55. The molecule has 0 saturated heterocycles. The molecule has 1 amide bonds. The van der Waals surface area contributed by atoms with Crippen molar-refractivity contribution in [3.8, 4) is 0 Å². The van der Waals surface area contributed by atoms with E-state index in [0.29, 0.717) is 13.0 Å². The predicted octanol–water partition coefficient (Wildman–Crippen LogP) is 2.38. The maximum absolute atomic E-state index is 12.8. The van der Waals surface area contributed by atoms with Gasteiger partial charge in [0, 0.05) is 6.54 Å². The summed E-state index contributed by atoms with van der Waals surface area (Å²) in [6, 6.07) is 5.81. The van der Waals surface area contributed by atoms with Gasteiger partial charge in [-0.3, -0.25) is 9.59 Å². The Bertz CT molecular complexity index is 501. The van der Waals surface area contributed by atoms with Crippen molar-refractivity contribution in [3.05, 3.63) is 35.6 Å². The molecule has 1 aliphatic rings. The van der Waals surface area contributed by atoms with Crippen LogP contribution in [0.4, 0.5) is 4.39 Å². The summed E-state index contributed by atoms with van der Waals surface area (Å²) in [5.41, 5.74) is 0.743. The quantitative estimate of drug-likeness (QED) is 0.876. The van der Waals surface area contributed by atoms with Crippen molar-refractivity contribution in [2.24, 2.45) is 11.8 Å². The summed E-state index contributed by atoms with van der Waals surface area (Å²) in [4.78, 5) is 23.0. The number of carbonyl (C=O) groups is 2. The van der Waals surface area contributed by atoms with Crippen LogP contribution in [0.1, 0.15) is 31.2 Å². The lowest BCUT2D eigenvalue weighted by Crippen LogP contribution is -2.37. The van der Waals surface area contributed by atoms with Gasteiger partial charge in [-0.1, -0.05) is 25.0 Å². The van der Waals surface area contributed by atoms with Crippen LogP contribution in [0.5, 0.6) is 0 Å². The number of halogens is 1. The number of rotatable bonds is 5. The number of carboxylic acids is 1. The van der Waals surface area contributed by atoms with Gasteiger partial charge in [0.2, 0.25) is 5.91 Å². The maximum atomic E-state index is 12.8. The van der Waals surface area contributed by atoms with E-state index in [4.69, 9.17) is 0 Å². The van der Waals surface area contributed by atoms with E-state index in [0.717, 1.165) is 24.8 Å². The Morgan fingerprint density at radius 1 is 1.19 bits per heavy atom. The molecule has 1 aromatic carbocycles. The molecule has 0 radical (unpaired) electrons. The van der Waals surface area contributed by atoms with E-state index in [1.165, 1.54) is 12.1 Å². The normalized spacial score (nSPS) is 21.8. The SMILES string of the molecule is O=C(Cc1ccc(F)cc1)NC[C@@H]1CCCC[C@@H]1C(=O)O. The van der Waals surface area contributed by atoms with Crippen molar-refractivity contribution < 1.29 is 19.1 Å². The van der Waals surface area contributed by atoms with E-state index in [9.17, 15) is 19.1 Å². The Labute approximate surface area is 123 Å². The average Bonchev–Trinajstić information content (AvgIpc) is 2.48. The van der Waals surface area contributed by atoms with Gasteiger partial charge in [-0.25, -0.2) is 4.39 Å². The minimum absolute atomic E-state index is 0.00779. The standard InChI is InChI=1S/C16H20FNO3/c17-13-7-5-11(6-8-13)9-15(19)18-10-12-3-1-2-4-14(12)16(20)21/h5-8,12,14H,1-4,9-10H2,(H,18,19)(H,20,21)/t12-,14-/m0/s1. The first kappa shape index (κ1) is 15.5. The highest BCUT2D eigenvalue weighted by Crippen LogP contribution is 2.29. The van der Waals surface area contributed by atoms with Crippen LogP contribution in [0.2, 0.25) is 0 Å². The van der Waals surface area contributed by atoms with Gasteiger partial charge < -0.3 is 10.4 Å². The minimum Gasteiger partial charge on any atom is -0.481 e. The number of hydrogen-bond acceptors (Lipinski definition) is 2. The zero-order valence-electron chi connectivity index (χ0n) is 11.8. The molecular weight excluding hydrogens is 273 g/mol. The van der Waals surface area contributed by atoms with Gasteiger partial charge in [-0.2, -0.15) is 0 Å². The van der Waals surface area contributed by atoms with Crippen LogP contribution >= 0.6 is 0 Å². The number of amides is 1. The average molecular weight is 293 g/mol. The Balaban J connectivity index is 1.82. The van der Waals surface area contributed by atoms with Crippen molar-refractivity contribution in [3.63, 3.8) is 0 Å². The molecule has 0 spiro atoms. The van der Waals surface area contributed by atoms with E-state index >= 15 is 0 Å². The Kier molecular flexibility index (Phi) is 5.31. The fourth-order valence-corrected chi connectivity index (χ4v) is 2.87. The molecule has 1 aromatic rings. The van der Waals surface area contributed by atoms with Crippen molar-refractivity contribution in [1.82, 2.24) is 5.32 Å². The molecule has 5 heteroatoms. The molecular formula is C16H20FNO3. The molecule has 4 nitrogen and oxygen atoms in total. The van der Waals surface area contributed by atoms with E-state index in [2.05, 4.69) is 5.32 Å². The van der Waals surface area contributed by atoms with E-state index in [1.807, 2.05) is 0 Å². The molecule has 0 bridgehead atoms. The first-order chi connectivity index (χ1) is 10.1. The van der Waals surface area contributed by atoms with E-state index in [1.54, 1.807) is 12.1 Å². The number of carbonyl (C=O) groups excluding carboxylic acids is 1. The molecule has 1 fully saturated rings. The van der Waals surface area contributed by atoms with E-state index < -0.39 is 5.97 Å². The molecule has 1 aliphatic carbocycles. The van der Waals surface area contributed by atoms with Crippen molar-refractivity contribution in [2.75, 3.05) is 6.54 Å². The number of hydrogen-bond donors (Lipinski definition) is 2. The molecule has 1 saturated carbocycles. The lowest BCUT2D eigenvalue weighted by atomic mass is 9.79. The number of carboxylic acid groups (broad SMARTS) is 1. The largest absolute Gasteiger partial charge is 0.481 e. The second kappa shape index (κ2) is 7.20. The first-order valence-electron chi connectivity index (χ1n) is 7.30. The molecule has 0 aliphatic heterocycles.